The van der Waals surface area contributed by atoms with Crippen LogP contribution in [0.25, 0.3) is 0 Å². The smallest absolute Gasteiger partial charge is 0.254 e. The van der Waals surface area contributed by atoms with Crippen molar-refractivity contribution < 1.29 is 14.7 Å². The number of nitrogens with one attached hydrogen (secondary N) is 1. The monoisotopic (exact) mass is 276 g/mol. The molecule has 1 aliphatic carbocycles. The zero-order valence-corrected chi connectivity index (χ0v) is 11.6. The van der Waals surface area contributed by atoms with E-state index in [9.17, 15) is 9.59 Å². The summed E-state index contributed by atoms with van der Waals surface area (Å²) in [6.07, 6.45) is 3.13. The molecule has 1 aromatic rings. The molecule has 1 saturated carbocycles. The first kappa shape index (κ1) is 14.5. The first-order chi connectivity index (χ1) is 9.61. The largest absolute Gasteiger partial charge is 0.395 e. The summed E-state index contributed by atoms with van der Waals surface area (Å²) in [4.78, 5) is 25.3. The third-order valence-corrected chi connectivity index (χ3v) is 3.55. The molecule has 1 aromatic carbocycles. The Kier molecular flexibility index (Phi) is 4.74. The Hall–Kier alpha value is -1.88. The Morgan fingerprint density at radius 1 is 1.40 bits per heavy atom. The van der Waals surface area contributed by atoms with Crippen molar-refractivity contribution >= 4 is 17.5 Å². The van der Waals surface area contributed by atoms with E-state index < -0.39 is 0 Å². The molecule has 0 aromatic heterocycles. The van der Waals surface area contributed by atoms with Crippen LogP contribution in [0.2, 0.25) is 0 Å². The molecule has 5 heteroatoms. The quantitative estimate of drug-likeness (QED) is 0.858. The van der Waals surface area contributed by atoms with Crippen LogP contribution in [0.3, 0.4) is 0 Å². The van der Waals surface area contributed by atoms with Gasteiger partial charge in [-0.1, -0.05) is 6.07 Å². The van der Waals surface area contributed by atoms with Crippen LogP contribution in [0.15, 0.2) is 24.3 Å². The van der Waals surface area contributed by atoms with E-state index in [1.807, 2.05) is 0 Å². The highest BCUT2D eigenvalue weighted by atomic mass is 16.3. The molecule has 0 heterocycles. The van der Waals surface area contributed by atoms with E-state index in [1.165, 1.54) is 6.92 Å². The summed E-state index contributed by atoms with van der Waals surface area (Å²) in [6, 6.07) is 7.14. The molecule has 5 nitrogen and oxygen atoms in total. The highest BCUT2D eigenvalue weighted by Gasteiger charge is 2.28. The van der Waals surface area contributed by atoms with Crippen molar-refractivity contribution in [3.8, 4) is 0 Å². The minimum atomic E-state index is -0.166. The third-order valence-electron chi connectivity index (χ3n) is 3.55. The summed E-state index contributed by atoms with van der Waals surface area (Å²) in [7, 11) is 0. The van der Waals surface area contributed by atoms with Gasteiger partial charge in [0, 0.05) is 30.8 Å². The molecule has 0 radical (unpaired) electrons. The fraction of sp³-hybridized carbons (Fsp3) is 0.467. The Bertz CT molecular complexity index is 498. The van der Waals surface area contributed by atoms with Crippen LogP contribution in [-0.4, -0.2) is 41.0 Å². The second-order valence-electron chi connectivity index (χ2n) is 5.07. The number of hydrogen-bond donors (Lipinski definition) is 2. The third kappa shape index (κ3) is 3.36. The van der Waals surface area contributed by atoms with Crippen LogP contribution in [0, 0.1) is 0 Å². The minimum Gasteiger partial charge on any atom is -0.395 e. The first-order valence-electron chi connectivity index (χ1n) is 6.91. The van der Waals surface area contributed by atoms with E-state index in [-0.39, 0.29) is 24.5 Å². The maximum Gasteiger partial charge on any atom is 0.254 e. The van der Waals surface area contributed by atoms with Gasteiger partial charge in [0.05, 0.1) is 6.61 Å². The predicted molar refractivity (Wildman–Crippen MR) is 76.5 cm³/mol. The van der Waals surface area contributed by atoms with Gasteiger partial charge in [-0.3, -0.25) is 9.59 Å². The fourth-order valence-corrected chi connectivity index (χ4v) is 2.36. The molecular weight excluding hydrogens is 256 g/mol. The van der Waals surface area contributed by atoms with Crippen molar-refractivity contribution in [3.63, 3.8) is 0 Å². The fourth-order valence-electron chi connectivity index (χ4n) is 2.36. The Labute approximate surface area is 118 Å². The average molecular weight is 276 g/mol. The van der Waals surface area contributed by atoms with E-state index in [2.05, 4.69) is 5.32 Å². The van der Waals surface area contributed by atoms with E-state index in [1.54, 1.807) is 29.2 Å². The van der Waals surface area contributed by atoms with Gasteiger partial charge in [0.25, 0.3) is 5.91 Å². The highest BCUT2D eigenvalue weighted by molar-refractivity contribution is 5.97. The van der Waals surface area contributed by atoms with Crippen molar-refractivity contribution in [2.45, 2.75) is 32.2 Å². The molecule has 0 aliphatic heterocycles. The summed E-state index contributed by atoms with van der Waals surface area (Å²) in [5.41, 5.74) is 1.15. The Morgan fingerprint density at radius 2 is 2.15 bits per heavy atom. The number of hydrogen-bond acceptors (Lipinski definition) is 3. The zero-order valence-electron chi connectivity index (χ0n) is 11.6. The molecule has 108 valence electrons. The molecule has 0 saturated heterocycles. The number of carbonyl (C=O) groups excluding carboxylic acids is 2. The average Bonchev–Trinajstić information content (AvgIpc) is 2.35. The lowest BCUT2D eigenvalue weighted by Gasteiger charge is -2.37. The number of aliphatic hydroxyl groups is 1. The van der Waals surface area contributed by atoms with E-state index >= 15 is 0 Å². The van der Waals surface area contributed by atoms with Gasteiger partial charge >= 0.3 is 0 Å². The second kappa shape index (κ2) is 6.52. The number of amides is 2. The van der Waals surface area contributed by atoms with Gasteiger partial charge in [0.1, 0.15) is 0 Å². The number of benzene rings is 1. The number of nitrogens with zero attached hydrogens (tertiary/aromatic N) is 1. The molecule has 0 bridgehead atoms. The van der Waals surface area contributed by atoms with Gasteiger partial charge in [-0.15, -0.1) is 0 Å². The zero-order chi connectivity index (χ0) is 14.5. The Morgan fingerprint density at radius 3 is 2.70 bits per heavy atom. The standard InChI is InChI=1S/C15H20N2O3/c1-11(19)16-13-5-2-4-12(10-13)15(20)17(8-9-18)14-6-3-7-14/h2,4-5,10,14,18H,3,6-9H2,1H3,(H,16,19). The van der Waals surface area contributed by atoms with Crippen LogP contribution in [0.5, 0.6) is 0 Å². The van der Waals surface area contributed by atoms with Gasteiger partial charge in [0.15, 0.2) is 0 Å². The van der Waals surface area contributed by atoms with Gasteiger partial charge < -0.3 is 15.3 Å². The number of aliphatic hydroxyl groups excluding tert-OH is 1. The van der Waals surface area contributed by atoms with Crippen LogP contribution in [0.1, 0.15) is 36.5 Å². The number of anilines is 1. The lowest BCUT2D eigenvalue weighted by atomic mass is 9.91. The van der Waals surface area contributed by atoms with E-state index in [0.717, 1.165) is 19.3 Å². The lowest BCUT2D eigenvalue weighted by molar-refractivity contribution is -0.114. The number of rotatable bonds is 5. The Balaban J connectivity index is 2.15. The highest BCUT2D eigenvalue weighted by Crippen LogP contribution is 2.26. The molecule has 2 amide bonds. The molecule has 1 aliphatic rings. The van der Waals surface area contributed by atoms with Crippen LogP contribution < -0.4 is 5.32 Å². The molecule has 0 atom stereocenters. The van der Waals surface area contributed by atoms with Crippen molar-refractivity contribution in [3.05, 3.63) is 29.8 Å². The number of carbonyl (C=O) groups is 2. The molecule has 2 rings (SSSR count). The van der Waals surface area contributed by atoms with Gasteiger partial charge in [0.2, 0.25) is 5.91 Å². The summed E-state index contributed by atoms with van der Waals surface area (Å²) in [5.74, 6) is -0.253. The molecule has 20 heavy (non-hydrogen) atoms. The van der Waals surface area contributed by atoms with Crippen molar-refractivity contribution in [2.24, 2.45) is 0 Å². The molecule has 1 fully saturated rings. The summed E-state index contributed by atoms with van der Waals surface area (Å²) in [5, 5.41) is 11.8. The van der Waals surface area contributed by atoms with Gasteiger partial charge in [-0.2, -0.15) is 0 Å². The topological polar surface area (TPSA) is 69.6 Å². The summed E-state index contributed by atoms with van der Waals surface area (Å²) >= 11 is 0. The molecular formula is C15H20N2O3. The van der Waals surface area contributed by atoms with Crippen LogP contribution in [0.4, 0.5) is 5.69 Å². The maximum absolute atomic E-state index is 12.5. The second-order valence-corrected chi connectivity index (χ2v) is 5.07. The van der Waals surface area contributed by atoms with Gasteiger partial charge in [-0.05, 0) is 37.5 Å². The van der Waals surface area contributed by atoms with Crippen molar-refractivity contribution in [2.75, 3.05) is 18.5 Å². The van der Waals surface area contributed by atoms with E-state index in [0.29, 0.717) is 17.8 Å². The molecule has 2 N–H and O–H groups in total. The minimum absolute atomic E-state index is 0.0341. The van der Waals surface area contributed by atoms with Gasteiger partial charge in [-0.25, -0.2) is 0 Å². The molecule has 0 spiro atoms. The first-order valence-corrected chi connectivity index (χ1v) is 6.91. The van der Waals surface area contributed by atoms with Crippen LogP contribution >= 0.6 is 0 Å². The van der Waals surface area contributed by atoms with Crippen molar-refractivity contribution in [1.29, 1.82) is 0 Å². The summed E-state index contributed by atoms with van der Waals surface area (Å²) < 4.78 is 0. The summed E-state index contributed by atoms with van der Waals surface area (Å²) in [6.45, 7) is 1.75. The predicted octanol–water partition coefficient (Wildman–Crippen LogP) is 1.63. The SMILES string of the molecule is CC(=O)Nc1cccc(C(=O)N(CCO)C2CCC2)c1. The molecule has 0 unspecified atom stereocenters. The van der Waals surface area contributed by atoms with E-state index in [4.69, 9.17) is 5.11 Å². The lowest BCUT2D eigenvalue weighted by Crippen LogP contribution is -2.45. The maximum atomic E-state index is 12.5. The normalized spacial score (nSPS) is 14.5. The van der Waals surface area contributed by atoms with Crippen molar-refractivity contribution in [1.82, 2.24) is 4.90 Å². The van der Waals surface area contributed by atoms with Crippen LogP contribution in [-0.2, 0) is 4.79 Å².